The van der Waals surface area contributed by atoms with Gasteiger partial charge < -0.3 is 15.2 Å². The van der Waals surface area contributed by atoms with E-state index in [0.29, 0.717) is 23.5 Å². The molecule has 5 heteroatoms. The molecular weight excluding hydrogens is 257 g/mol. The number of carbonyl (C=O) groups is 1. The standard InChI is InChI=1S/C15H18FN3O/c1-3-19-10-12(17)8-14(19)15(20)18(2)9-11-6-4-5-7-13(11)16/h4-8,10H,3,9,17H2,1-2H3. The highest BCUT2D eigenvalue weighted by Crippen LogP contribution is 2.15. The van der Waals surface area contributed by atoms with Crippen molar-refractivity contribution in [1.82, 2.24) is 9.47 Å². The molecule has 2 aromatic rings. The van der Waals surface area contributed by atoms with Crippen molar-refractivity contribution < 1.29 is 9.18 Å². The van der Waals surface area contributed by atoms with Gasteiger partial charge in [-0.1, -0.05) is 18.2 Å². The maximum Gasteiger partial charge on any atom is 0.270 e. The molecule has 20 heavy (non-hydrogen) atoms. The number of carbonyl (C=O) groups excluding carboxylic acids is 1. The van der Waals surface area contributed by atoms with Crippen LogP contribution < -0.4 is 5.73 Å². The molecule has 2 rings (SSSR count). The van der Waals surface area contributed by atoms with Gasteiger partial charge in [0.25, 0.3) is 5.91 Å². The van der Waals surface area contributed by atoms with Gasteiger partial charge in [0.1, 0.15) is 11.5 Å². The molecule has 0 aliphatic carbocycles. The average Bonchev–Trinajstić information content (AvgIpc) is 2.81. The third-order valence-corrected chi connectivity index (χ3v) is 3.19. The van der Waals surface area contributed by atoms with Gasteiger partial charge in [-0.3, -0.25) is 4.79 Å². The van der Waals surface area contributed by atoms with Gasteiger partial charge in [-0.15, -0.1) is 0 Å². The van der Waals surface area contributed by atoms with E-state index < -0.39 is 0 Å². The fraction of sp³-hybridized carbons (Fsp3) is 0.267. The van der Waals surface area contributed by atoms with Gasteiger partial charge in [-0.2, -0.15) is 0 Å². The van der Waals surface area contributed by atoms with E-state index in [0.717, 1.165) is 0 Å². The largest absolute Gasteiger partial charge is 0.397 e. The second-order valence-corrected chi connectivity index (χ2v) is 4.70. The van der Waals surface area contributed by atoms with E-state index in [1.54, 1.807) is 42.1 Å². The molecule has 1 aromatic heterocycles. The van der Waals surface area contributed by atoms with Crippen LogP contribution in [-0.4, -0.2) is 22.4 Å². The Balaban J connectivity index is 2.18. The Labute approximate surface area is 117 Å². The number of nitrogen functional groups attached to an aromatic ring is 1. The lowest BCUT2D eigenvalue weighted by molar-refractivity contribution is 0.0773. The number of nitrogens with zero attached hydrogens (tertiary/aromatic N) is 2. The number of aromatic nitrogens is 1. The molecule has 0 spiro atoms. The molecule has 0 bridgehead atoms. The van der Waals surface area contributed by atoms with Crippen molar-refractivity contribution in [2.45, 2.75) is 20.0 Å². The molecular formula is C15H18FN3O. The van der Waals surface area contributed by atoms with Crippen LogP contribution in [0.1, 0.15) is 23.0 Å². The molecule has 0 fully saturated rings. The molecule has 0 saturated heterocycles. The zero-order valence-corrected chi connectivity index (χ0v) is 11.6. The van der Waals surface area contributed by atoms with Crippen molar-refractivity contribution in [1.29, 1.82) is 0 Å². The van der Waals surface area contributed by atoms with Crippen LogP contribution in [-0.2, 0) is 13.1 Å². The molecule has 0 aliphatic heterocycles. The van der Waals surface area contributed by atoms with Gasteiger partial charge in [-0.05, 0) is 19.1 Å². The number of amides is 1. The van der Waals surface area contributed by atoms with E-state index in [1.165, 1.54) is 11.0 Å². The SMILES string of the molecule is CCn1cc(N)cc1C(=O)N(C)Cc1ccccc1F. The van der Waals surface area contributed by atoms with Crippen molar-refractivity contribution in [2.75, 3.05) is 12.8 Å². The van der Waals surface area contributed by atoms with Crippen molar-refractivity contribution in [2.24, 2.45) is 0 Å². The van der Waals surface area contributed by atoms with Crippen LogP contribution in [0, 0.1) is 5.82 Å². The van der Waals surface area contributed by atoms with Crippen molar-refractivity contribution in [3.63, 3.8) is 0 Å². The first-order chi connectivity index (χ1) is 9.52. The Morgan fingerprint density at radius 3 is 2.75 bits per heavy atom. The fourth-order valence-corrected chi connectivity index (χ4v) is 2.12. The van der Waals surface area contributed by atoms with Crippen LogP contribution >= 0.6 is 0 Å². The molecule has 0 unspecified atom stereocenters. The van der Waals surface area contributed by atoms with Crippen LogP contribution in [0.4, 0.5) is 10.1 Å². The minimum absolute atomic E-state index is 0.174. The molecule has 1 aromatic carbocycles. The summed E-state index contributed by atoms with van der Waals surface area (Å²) in [6.07, 6.45) is 1.73. The van der Waals surface area contributed by atoms with Crippen LogP contribution in [0.5, 0.6) is 0 Å². The topological polar surface area (TPSA) is 51.3 Å². The second kappa shape index (κ2) is 5.77. The highest BCUT2D eigenvalue weighted by molar-refractivity contribution is 5.93. The fourth-order valence-electron chi connectivity index (χ4n) is 2.12. The van der Waals surface area contributed by atoms with Gasteiger partial charge in [0.2, 0.25) is 0 Å². The number of rotatable bonds is 4. The Hall–Kier alpha value is -2.30. The first-order valence-electron chi connectivity index (χ1n) is 6.47. The summed E-state index contributed by atoms with van der Waals surface area (Å²) in [6, 6.07) is 8.09. The first-order valence-corrected chi connectivity index (χ1v) is 6.47. The van der Waals surface area contributed by atoms with Gasteiger partial charge in [0, 0.05) is 31.9 Å². The highest BCUT2D eigenvalue weighted by Gasteiger charge is 2.17. The van der Waals surface area contributed by atoms with Crippen LogP contribution in [0.3, 0.4) is 0 Å². The summed E-state index contributed by atoms with van der Waals surface area (Å²) in [5.41, 5.74) is 7.28. The van der Waals surface area contributed by atoms with Crippen molar-refractivity contribution >= 4 is 11.6 Å². The third-order valence-electron chi connectivity index (χ3n) is 3.19. The summed E-state index contributed by atoms with van der Waals surface area (Å²) in [5, 5.41) is 0. The smallest absolute Gasteiger partial charge is 0.270 e. The molecule has 0 radical (unpaired) electrons. The molecule has 0 aliphatic rings. The van der Waals surface area contributed by atoms with Gasteiger partial charge in [-0.25, -0.2) is 4.39 Å². The molecule has 106 valence electrons. The predicted molar refractivity (Wildman–Crippen MR) is 76.7 cm³/mol. The number of halogens is 1. The second-order valence-electron chi connectivity index (χ2n) is 4.70. The van der Waals surface area contributed by atoms with E-state index in [9.17, 15) is 9.18 Å². The maximum absolute atomic E-state index is 13.6. The molecule has 0 saturated carbocycles. The summed E-state index contributed by atoms with van der Waals surface area (Å²) in [6.45, 7) is 2.82. The summed E-state index contributed by atoms with van der Waals surface area (Å²) in [5.74, 6) is -0.482. The Morgan fingerprint density at radius 1 is 1.40 bits per heavy atom. The lowest BCUT2D eigenvalue weighted by Gasteiger charge is -2.18. The third kappa shape index (κ3) is 2.82. The minimum Gasteiger partial charge on any atom is -0.397 e. The van der Waals surface area contributed by atoms with E-state index in [4.69, 9.17) is 5.73 Å². The average molecular weight is 275 g/mol. The van der Waals surface area contributed by atoms with E-state index >= 15 is 0 Å². The normalized spacial score (nSPS) is 10.6. The van der Waals surface area contributed by atoms with E-state index in [-0.39, 0.29) is 18.3 Å². The quantitative estimate of drug-likeness (QED) is 0.932. The number of hydrogen-bond acceptors (Lipinski definition) is 2. The number of benzene rings is 1. The number of hydrogen-bond donors (Lipinski definition) is 1. The number of nitrogens with two attached hydrogens (primary N) is 1. The first kappa shape index (κ1) is 14.1. The predicted octanol–water partition coefficient (Wildman–Crippen LogP) is 2.50. The minimum atomic E-state index is -0.308. The van der Waals surface area contributed by atoms with Gasteiger partial charge in [0.05, 0.1) is 5.69 Å². The summed E-state index contributed by atoms with van der Waals surface area (Å²) >= 11 is 0. The molecule has 0 atom stereocenters. The Kier molecular flexibility index (Phi) is 4.08. The van der Waals surface area contributed by atoms with Crippen LogP contribution in [0.15, 0.2) is 36.5 Å². The molecule has 4 nitrogen and oxygen atoms in total. The van der Waals surface area contributed by atoms with E-state index in [2.05, 4.69) is 0 Å². The van der Waals surface area contributed by atoms with Crippen molar-refractivity contribution in [3.8, 4) is 0 Å². The van der Waals surface area contributed by atoms with E-state index in [1.807, 2.05) is 6.92 Å². The molecule has 1 heterocycles. The van der Waals surface area contributed by atoms with Crippen molar-refractivity contribution in [3.05, 3.63) is 53.6 Å². The highest BCUT2D eigenvalue weighted by atomic mass is 19.1. The summed E-state index contributed by atoms with van der Waals surface area (Å²) < 4.78 is 15.4. The maximum atomic E-state index is 13.6. The molecule has 2 N–H and O–H groups in total. The van der Waals surface area contributed by atoms with Gasteiger partial charge >= 0.3 is 0 Å². The Bertz CT molecular complexity index is 621. The summed E-state index contributed by atoms with van der Waals surface area (Å²) in [7, 11) is 1.65. The molecule has 1 amide bonds. The zero-order chi connectivity index (χ0) is 14.7. The summed E-state index contributed by atoms with van der Waals surface area (Å²) in [4.78, 5) is 13.9. The van der Waals surface area contributed by atoms with Gasteiger partial charge in [0.15, 0.2) is 0 Å². The number of anilines is 1. The lowest BCUT2D eigenvalue weighted by atomic mass is 10.2. The number of aryl methyl sites for hydroxylation is 1. The van der Waals surface area contributed by atoms with Crippen LogP contribution in [0.2, 0.25) is 0 Å². The Morgan fingerprint density at radius 2 is 2.10 bits per heavy atom. The zero-order valence-electron chi connectivity index (χ0n) is 11.6. The lowest BCUT2D eigenvalue weighted by Crippen LogP contribution is -2.28. The van der Waals surface area contributed by atoms with Crippen LogP contribution in [0.25, 0.3) is 0 Å². The monoisotopic (exact) mass is 275 g/mol.